The van der Waals surface area contributed by atoms with Crippen LogP contribution in [0.3, 0.4) is 0 Å². The summed E-state index contributed by atoms with van der Waals surface area (Å²) >= 11 is 0. The molecule has 0 bridgehead atoms. The fraction of sp³-hybridized carbons (Fsp3) is 0.667. The standard InChI is InChI=1S/C21H33FN4O2.HI/c1-4-23-21(26-10-12-28-20(15-26)19-9-6-11-27-19)24-14-18(25(2)3)16-7-5-8-17(22)13-16;/h5,7-8,13,18-20H,4,6,9-12,14-15H2,1-3H3,(H,23,24);1H. The monoisotopic (exact) mass is 520 g/mol. The minimum atomic E-state index is -0.215. The van der Waals surface area contributed by atoms with Gasteiger partial charge in [-0.05, 0) is 51.6 Å². The van der Waals surface area contributed by atoms with Crippen LogP contribution in [-0.2, 0) is 9.47 Å². The topological polar surface area (TPSA) is 49.3 Å². The van der Waals surface area contributed by atoms with Gasteiger partial charge in [-0.15, -0.1) is 24.0 Å². The van der Waals surface area contributed by atoms with Crippen LogP contribution in [0.5, 0.6) is 0 Å². The van der Waals surface area contributed by atoms with Gasteiger partial charge in [-0.25, -0.2) is 4.39 Å². The van der Waals surface area contributed by atoms with E-state index in [0.29, 0.717) is 13.2 Å². The lowest BCUT2D eigenvalue weighted by atomic mass is 10.1. The second kappa shape index (κ2) is 12.0. The number of likely N-dealkylation sites (N-methyl/N-ethyl adjacent to an activating group) is 1. The Morgan fingerprint density at radius 2 is 2.10 bits per heavy atom. The van der Waals surface area contributed by atoms with E-state index in [1.165, 1.54) is 6.07 Å². The van der Waals surface area contributed by atoms with Crippen molar-refractivity contribution in [3.63, 3.8) is 0 Å². The lowest BCUT2D eigenvalue weighted by Gasteiger charge is -2.37. The third kappa shape index (κ3) is 6.77. The lowest BCUT2D eigenvalue weighted by Crippen LogP contribution is -2.53. The predicted octanol–water partition coefficient (Wildman–Crippen LogP) is 2.89. The molecule has 0 amide bonds. The summed E-state index contributed by atoms with van der Waals surface area (Å²) in [6, 6.07) is 6.79. The van der Waals surface area contributed by atoms with Crippen molar-refractivity contribution in [3.05, 3.63) is 35.6 Å². The fourth-order valence-electron chi connectivity index (χ4n) is 3.87. The van der Waals surface area contributed by atoms with E-state index in [1.54, 1.807) is 12.1 Å². The first-order valence-corrected chi connectivity index (χ1v) is 10.3. The van der Waals surface area contributed by atoms with Crippen LogP contribution in [0.2, 0.25) is 0 Å². The zero-order chi connectivity index (χ0) is 19.9. The summed E-state index contributed by atoms with van der Waals surface area (Å²) in [5, 5.41) is 3.41. The quantitative estimate of drug-likeness (QED) is 0.355. The minimum absolute atomic E-state index is 0. The molecule has 2 aliphatic rings. The average Bonchev–Trinajstić information content (AvgIpc) is 3.22. The Morgan fingerprint density at radius 1 is 1.31 bits per heavy atom. The van der Waals surface area contributed by atoms with E-state index in [4.69, 9.17) is 14.5 Å². The molecule has 2 saturated heterocycles. The molecular formula is C21H34FIN4O2. The largest absolute Gasteiger partial charge is 0.375 e. The van der Waals surface area contributed by atoms with Gasteiger partial charge in [-0.2, -0.15) is 0 Å². The van der Waals surface area contributed by atoms with Crippen molar-refractivity contribution in [1.29, 1.82) is 0 Å². The van der Waals surface area contributed by atoms with Crippen LogP contribution in [-0.4, -0.2) is 81.5 Å². The maximum atomic E-state index is 13.7. The number of halogens is 2. The molecule has 0 radical (unpaired) electrons. The summed E-state index contributed by atoms with van der Waals surface area (Å²) in [5.41, 5.74) is 0.934. The molecule has 0 aromatic heterocycles. The molecule has 2 fully saturated rings. The average molecular weight is 520 g/mol. The molecule has 0 aliphatic carbocycles. The molecule has 3 atom stereocenters. The molecule has 2 aliphatic heterocycles. The molecule has 1 aromatic rings. The van der Waals surface area contributed by atoms with E-state index in [2.05, 4.69) is 22.0 Å². The Morgan fingerprint density at radius 3 is 2.76 bits per heavy atom. The SMILES string of the molecule is CCNC(=NCC(c1cccc(F)c1)N(C)C)N1CCOC(C2CCCO2)C1.I. The first kappa shape index (κ1) is 24.3. The van der Waals surface area contributed by atoms with Crippen LogP contribution in [0.25, 0.3) is 0 Å². The van der Waals surface area contributed by atoms with Crippen molar-refractivity contribution in [2.75, 3.05) is 53.5 Å². The molecule has 3 rings (SSSR count). The number of guanidine groups is 1. The van der Waals surface area contributed by atoms with Crippen molar-refractivity contribution in [2.24, 2.45) is 4.99 Å². The number of benzene rings is 1. The molecule has 3 unspecified atom stereocenters. The highest BCUT2D eigenvalue weighted by molar-refractivity contribution is 14.0. The Hall–Kier alpha value is -0.970. The molecule has 164 valence electrons. The number of hydrogen-bond donors (Lipinski definition) is 1. The van der Waals surface area contributed by atoms with Gasteiger partial charge >= 0.3 is 0 Å². The highest BCUT2D eigenvalue weighted by Gasteiger charge is 2.32. The van der Waals surface area contributed by atoms with Gasteiger partial charge in [0.15, 0.2) is 5.96 Å². The highest BCUT2D eigenvalue weighted by atomic mass is 127. The molecule has 1 aromatic carbocycles. The number of nitrogens with zero attached hydrogens (tertiary/aromatic N) is 3. The first-order valence-electron chi connectivity index (χ1n) is 10.3. The Bertz CT molecular complexity index is 655. The smallest absolute Gasteiger partial charge is 0.194 e. The molecule has 0 spiro atoms. The first-order chi connectivity index (χ1) is 13.6. The second-order valence-corrected chi connectivity index (χ2v) is 7.64. The Balaban J connectivity index is 0.00000300. The lowest BCUT2D eigenvalue weighted by molar-refractivity contribution is -0.0817. The van der Waals surface area contributed by atoms with Gasteiger partial charge in [0.2, 0.25) is 0 Å². The summed E-state index contributed by atoms with van der Waals surface area (Å²) in [4.78, 5) is 9.24. The third-order valence-corrected chi connectivity index (χ3v) is 5.38. The number of aliphatic imine (C=N–C) groups is 1. The molecule has 29 heavy (non-hydrogen) atoms. The number of ether oxygens (including phenoxy) is 2. The van der Waals surface area contributed by atoms with Crippen molar-refractivity contribution in [2.45, 2.75) is 38.0 Å². The van der Waals surface area contributed by atoms with E-state index in [9.17, 15) is 4.39 Å². The van der Waals surface area contributed by atoms with Crippen LogP contribution in [0.4, 0.5) is 4.39 Å². The van der Waals surface area contributed by atoms with Crippen molar-refractivity contribution in [3.8, 4) is 0 Å². The summed E-state index contributed by atoms with van der Waals surface area (Å²) in [5.74, 6) is 0.671. The summed E-state index contributed by atoms with van der Waals surface area (Å²) in [6.07, 6.45) is 2.45. The number of morpholine rings is 1. The normalized spacial score (nSPS) is 23.8. The summed E-state index contributed by atoms with van der Waals surface area (Å²) in [6.45, 7) is 6.52. The van der Waals surface area contributed by atoms with Crippen LogP contribution in [0.1, 0.15) is 31.4 Å². The number of nitrogens with one attached hydrogen (secondary N) is 1. The molecule has 8 heteroatoms. The molecule has 2 heterocycles. The van der Waals surface area contributed by atoms with Gasteiger partial charge < -0.3 is 24.6 Å². The number of hydrogen-bond acceptors (Lipinski definition) is 4. The van der Waals surface area contributed by atoms with Gasteiger partial charge in [-0.1, -0.05) is 12.1 Å². The van der Waals surface area contributed by atoms with Crippen LogP contribution >= 0.6 is 24.0 Å². The van der Waals surface area contributed by atoms with Crippen LogP contribution < -0.4 is 5.32 Å². The van der Waals surface area contributed by atoms with Crippen molar-refractivity contribution < 1.29 is 13.9 Å². The van der Waals surface area contributed by atoms with Gasteiger partial charge in [-0.3, -0.25) is 4.99 Å². The van der Waals surface area contributed by atoms with Gasteiger partial charge in [0, 0.05) is 26.2 Å². The molecule has 6 nitrogen and oxygen atoms in total. The van der Waals surface area contributed by atoms with Crippen molar-refractivity contribution >= 4 is 29.9 Å². The summed E-state index contributed by atoms with van der Waals surface area (Å²) < 4.78 is 25.5. The van der Waals surface area contributed by atoms with E-state index in [-0.39, 0.29) is 48.0 Å². The van der Waals surface area contributed by atoms with Gasteiger partial charge in [0.25, 0.3) is 0 Å². The molecular weight excluding hydrogens is 486 g/mol. The van der Waals surface area contributed by atoms with Crippen LogP contribution in [0, 0.1) is 5.82 Å². The highest BCUT2D eigenvalue weighted by Crippen LogP contribution is 2.22. The maximum absolute atomic E-state index is 13.7. The predicted molar refractivity (Wildman–Crippen MR) is 125 cm³/mol. The Labute approximate surface area is 190 Å². The van der Waals surface area contributed by atoms with Gasteiger partial charge in [0.05, 0.1) is 25.3 Å². The molecule has 0 saturated carbocycles. The van der Waals surface area contributed by atoms with E-state index >= 15 is 0 Å². The molecule has 1 N–H and O–H groups in total. The van der Waals surface area contributed by atoms with Crippen molar-refractivity contribution in [1.82, 2.24) is 15.1 Å². The zero-order valence-corrected chi connectivity index (χ0v) is 20.0. The zero-order valence-electron chi connectivity index (χ0n) is 17.6. The third-order valence-electron chi connectivity index (χ3n) is 5.38. The fourth-order valence-corrected chi connectivity index (χ4v) is 3.87. The number of rotatable bonds is 6. The van der Waals surface area contributed by atoms with E-state index < -0.39 is 0 Å². The summed E-state index contributed by atoms with van der Waals surface area (Å²) in [7, 11) is 4.00. The van der Waals surface area contributed by atoms with Gasteiger partial charge in [0.1, 0.15) is 11.9 Å². The Kier molecular flexibility index (Phi) is 10.1. The second-order valence-electron chi connectivity index (χ2n) is 7.64. The minimum Gasteiger partial charge on any atom is -0.375 e. The van der Waals surface area contributed by atoms with E-state index in [1.807, 2.05) is 20.2 Å². The maximum Gasteiger partial charge on any atom is 0.194 e. The van der Waals surface area contributed by atoms with Crippen LogP contribution in [0.15, 0.2) is 29.3 Å². The van der Waals surface area contributed by atoms with E-state index in [0.717, 1.165) is 50.6 Å².